The van der Waals surface area contributed by atoms with E-state index >= 15 is 0 Å². The predicted molar refractivity (Wildman–Crippen MR) is 73.4 cm³/mol. The Morgan fingerprint density at radius 2 is 2.09 bits per heavy atom. The third-order valence-electron chi connectivity index (χ3n) is 2.35. The average Bonchev–Trinajstić information content (AvgIpc) is 2.47. The summed E-state index contributed by atoms with van der Waals surface area (Å²) in [5.41, 5.74) is 8.35. The number of hydrogen-bond donors (Lipinski definition) is 0. The zero-order valence-electron chi connectivity index (χ0n) is 12.1. The van der Waals surface area contributed by atoms with Crippen LogP contribution in [0.1, 0.15) is 12.5 Å². The molecule has 0 spiro atoms. The number of carbonyl (C=O) groups is 1. The maximum absolute atomic E-state index is 12.3. The highest BCUT2D eigenvalue weighted by atomic mass is 19.4. The molecule has 0 bridgehead atoms. The lowest BCUT2D eigenvalue weighted by Crippen LogP contribution is -2.17. The van der Waals surface area contributed by atoms with Crippen molar-refractivity contribution in [1.29, 1.82) is 0 Å². The minimum absolute atomic E-state index is 0.0683. The van der Waals surface area contributed by atoms with Crippen LogP contribution in [-0.2, 0) is 9.53 Å². The second-order valence-electron chi connectivity index (χ2n) is 3.90. The summed E-state index contributed by atoms with van der Waals surface area (Å²) in [7, 11) is 1.16. The van der Waals surface area contributed by atoms with E-state index in [1.54, 1.807) is 6.92 Å². The summed E-state index contributed by atoms with van der Waals surface area (Å²) in [6.07, 6.45) is -3.72. The Morgan fingerprint density at radius 3 is 2.61 bits per heavy atom. The Kier molecular flexibility index (Phi) is 6.28. The summed E-state index contributed by atoms with van der Waals surface area (Å²) in [6.45, 7) is 1.64. The first-order valence-corrected chi connectivity index (χ1v) is 6.18. The second kappa shape index (κ2) is 7.95. The van der Waals surface area contributed by atoms with E-state index < -0.39 is 18.1 Å². The molecule has 0 saturated carbocycles. The molecule has 0 atom stereocenters. The van der Waals surface area contributed by atoms with Crippen molar-refractivity contribution in [2.24, 2.45) is 5.11 Å². The van der Waals surface area contributed by atoms with E-state index in [1.165, 1.54) is 12.1 Å². The van der Waals surface area contributed by atoms with Crippen LogP contribution in [0.25, 0.3) is 16.5 Å². The van der Waals surface area contributed by atoms with Crippen LogP contribution in [0.2, 0.25) is 0 Å². The molecule has 0 aliphatic heterocycles. The Bertz CT molecular complexity index is 652. The fourth-order valence-corrected chi connectivity index (χ4v) is 1.52. The number of esters is 1. The third kappa shape index (κ3) is 5.79. The minimum atomic E-state index is -4.87. The number of azide groups is 1. The lowest BCUT2D eigenvalue weighted by Gasteiger charge is -2.13. The van der Waals surface area contributed by atoms with Crippen LogP contribution >= 0.6 is 0 Å². The van der Waals surface area contributed by atoms with Crippen LogP contribution in [0, 0.1) is 0 Å². The van der Waals surface area contributed by atoms with Crippen molar-refractivity contribution in [3.05, 3.63) is 39.9 Å². The molecule has 0 saturated heterocycles. The number of carbonyl (C=O) groups excluding carboxylic acids is 1. The maximum Gasteiger partial charge on any atom is 0.573 e. The van der Waals surface area contributed by atoms with Crippen LogP contribution in [-0.4, -0.2) is 26.0 Å². The van der Waals surface area contributed by atoms with Crippen LogP contribution in [0.4, 0.5) is 13.2 Å². The van der Waals surface area contributed by atoms with Gasteiger partial charge in [0.15, 0.2) is 11.5 Å². The Morgan fingerprint density at radius 1 is 1.39 bits per heavy atom. The fraction of sp³-hybridized carbons (Fsp3) is 0.308. The normalized spacial score (nSPS) is 11.4. The van der Waals surface area contributed by atoms with Gasteiger partial charge in [-0.3, -0.25) is 0 Å². The highest BCUT2D eigenvalue weighted by Crippen LogP contribution is 2.33. The minimum Gasteiger partial charge on any atom is -0.493 e. The maximum atomic E-state index is 12.3. The van der Waals surface area contributed by atoms with Crippen molar-refractivity contribution < 1.29 is 32.2 Å². The largest absolute Gasteiger partial charge is 0.573 e. The average molecular weight is 331 g/mol. The molecule has 0 aliphatic rings. The molecule has 7 nitrogen and oxygen atoms in total. The van der Waals surface area contributed by atoms with Crippen molar-refractivity contribution in [2.45, 2.75) is 13.3 Å². The Balaban J connectivity index is 3.19. The molecule has 23 heavy (non-hydrogen) atoms. The first kappa shape index (κ1) is 18.2. The van der Waals surface area contributed by atoms with Gasteiger partial charge in [0, 0.05) is 4.91 Å². The molecular weight excluding hydrogens is 319 g/mol. The van der Waals surface area contributed by atoms with Gasteiger partial charge in [0.1, 0.15) is 5.70 Å². The topological polar surface area (TPSA) is 93.5 Å². The van der Waals surface area contributed by atoms with E-state index in [9.17, 15) is 18.0 Å². The van der Waals surface area contributed by atoms with E-state index in [0.717, 1.165) is 19.3 Å². The molecule has 1 aromatic rings. The zero-order valence-corrected chi connectivity index (χ0v) is 12.1. The molecule has 0 unspecified atom stereocenters. The van der Waals surface area contributed by atoms with Gasteiger partial charge in [-0.25, -0.2) is 4.79 Å². The van der Waals surface area contributed by atoms with E-state index in [2.05, 4.69) is 14.8 Å². The van der Waals surface area contributed by atoms with Gasteiger partial charge in [-0.05, 0) is 36.2 Å². The van der Waals surface area contributed by atoms with E-state index in [4.69, 9.17) is 15.0 Å². The third-order valence-corrected chi connectivity index (χ3v) is 2.35. The molecule has 1 rings (SSSR count). The van der Waals surface area contributed by atoms with Gasteiger partial charge in [0.05, 0.1) is 13.7 Å². The number of hydrogen-bond acceptors (Lipinski definition) is 5. The van der Waals surface area contributed by atoms with Gasteiger partial charge in [0.25, 0.3) is 0 Å². The molecular formula is C13H12F3N3O4. The fourth-order valence-electron chi connectivity index (χ4n) is 1.52. The second-order valence-corrected chi connectivity index (χ2v) is 3.90. The molecule has 1 aromatic carbocycles. The summed E-state index contributed by atoms with van der Waals surface area (Å²) in [6, 6.07) is 3.43. The molecule has 0 N–H and O–H groups in total. The zero-order chi connectivity index (χ0) is 17.5. The quantitative estimate of drug-likeness (QED) is 0.260. The highest BCUT2D eigenvalue weighted by Gasteiger charge is 2.32. The van der Waals surface area contributed by atoms with Gasteiger partial charge < -0.3 is 14.2 Å². The van der Waals surface area contributed by atoms with Gasteiger partial charge >= 0.3 is 12.3 Å². The van der Waals surface area contributed by atoms with Gasteiger partial charge in [-0.1, -0.05) is 11.2 Å². The van der Waals surface area contributed by atoms with E-state index in [1.807, 2.05) is 0 Å². The number of benzene rings is 1. The molecule has 10 heteroatoms. The van der Waals surface area contributed by atoms with Crippen molar-refractivity contribution in [3.8, 4) is 11.5 Å². The summed E-state index contributed by atoms with van der Waals surface area (Å²) < 4.78 is 50.1. The highest BCUT2D eigenvalue weighted by molar-refractivity contribution is 5.93. The summed E-state index contributed by atoms with van der Waals surface area (Å²) in [4.78, 5) is 14.1. The number of methoxy groups -OCH3 is 1. The number of alkyl halides is 3. The molecule has 0 aromatic heterocycles. The molecule has 124 valence electrons. The molecule has 0 heterocycles. The van der Waals surface area contributed by atoms with Crippen molar-refractivity contribution >= 4 is 12.0 Å². The lowest BCUT2D eigenvalue weighted by atomic mass is 10.1. The SMILES string of the molecule is CCOC(=O)/C(=C/c1ccc(OC(F)(F)F)c(OC)c1)N=[N+]=[N-]. The van der Waals surface area contributed by atoms with Crippen LogP contribution < -0.4 is 9.47 Å². The van der Waals surface area contributed by atoms with Crippen molar-refractivity contribution in [2.75, 3.05) is 13.7 Å². The molecule has 0 amide bonds. The summed E-state index contributed by atoms with van der Waals surface area (Å²) in [5.74, 6) is -1.61. The number of nitrogens with zero attached hydrogens (tertiary/aromatic N) is 3. The van der Waals surface area contributed by atoms with Crippen molar-refractivity contribution in [3.63, 3.8) is 0 Å². The van der Waals surface area contributed by atoms with Crippen LogP contribution in [0.5, 0.6) is 11.5 Å². The predicted octanol–water partition coefficient (Wildman–Crippen LogP) is 3.81. The number of ether oxygens (including phenoxy) is 3. The lowest BCUT2D eigenvalue weighted by molar-refractivity contribution is -0.275. The molecule has 0 aliphatic carbocycles. The summed E-state index contributed by atoms with van der Waals surface area (Å²) in [5, 5.41) is 3.19. The van der Waals surface area contributed by atoms with E-state index in [0.29, 0.717) is 0 Å². The van der Waals surface area contributed by atoms with Crippen LogP contribution in [0.3, 0.4) is 0 Å². The van der Waals surface area contributed by atoms with Crippen LogP contribution in [0.15, 0.2) is 29.0 Å². The number of halogens is 3. The van der Waals surface area contributed by atoms with Crippen molar-refractivity contribution in [1.82, 2.24) is 0 Å². The Hall–Kier alpha value is -2.87. The van der Waals surface area contributed by atoms with Gasteiger partial charge in [-0.2, -0.15) is 0 Å². The van der Waals surface area contributed by atoms with Gasteiger partial charge in [0.2, 0.25) is 0 Å². The standard InChI is InChI=1S/C13H12F3N3O4/c1-3-22-12(20)9(18-19-17)6-8-4-5-10(11(7-8)21-2)23-13(14,15)16/h4-7H,3H2,1-2H3/b9-6-. The first-order chi connectivity index (χ1) is 10.8. The monoisotopic (exact) mass is 331 g/mol. The molecule has 0 fully saturated rings. The first-order valence-electron chi connectivity index (χ1n) is 6.18. The van der Waals surface area contributed by atoms with Gasteiger partial charge in [-0.15, -0.1) is 13.2 Å². The number of rotatable bonds is 6. The smallest absolute Gasteiger partial charge is 0.493 e. The van der Waals surface area contributed by atoms with E-state index in [-0.39, 0.29) is 23.6 Å². The Labute approximate surface area is 128 Å². The summed E-state index contributed by atoms with van der Waals surface area (Å²) >= 11 is 0. The molecule has 0 radical (unpaired) electrons.